The normalized spacial score (nSPS) is 18.2. The summed E-state index contributed by atoms with van der Waals surface area (Å²) in [5.74, 6) is -0.859. The number of rotatable bonds is 12. The van der Waals surface area contributed by atoms with Crippen molar-refractivity contribution in [2.24, 2.45) is 0 Å². The van der Waals surface area contributed by atoms with E-state index in [0.29, 0.717) is 28.2 Å². The first kappa shape index (κ1) is 33.2. The highest BCUT2D eigenvalue weighted by molar-refractivity contribution is 5.76. The molecule has 1 saturated heterocycles. The number of carboxylic acid groups (broad SMARTS) is 1. The van der Waals surface area contributed by atoms with Gasteiger partial charge in [0.25, 0.3) is 5.56 Å². The molecule has 0 saturated carbocycles. The van der Waals surface area contributed by atoms with Gasteiger partial charge >= 0.3 is 11.9 Å². The number of H-pyrrole nitrogens is 1. The van der Waals surface area contributed by atoms with Crippen LogP contribution in [0.15, 0.2) is 90.0 Å². The van der Waals surface area contributed by atoms with E-state index >= 15 is 0 Å². The van der Waals surface area contributed by atoms with Crippen LogP contribution >= 0.6 is 0 Å². The van der Waals surface area contributed by atoms with Gasteiger partial charge in [0.2, 0.25) is 5.95 Å². The van der Waals surface area contributed by atoms with Gasteiger partial charge in [0.1, 0.15) is 36.0 Å². The number of hydrogen-bond donors (Lipinski definition) is 4. The Kier molecular flexibility index (Phi) is 9.33. The molecule has 14 heteroatoms. The quantitative estimate of drug-likeness (QED) is 0.112. The van der Waals surface area contributed by atoms with Gasteiger partial charge in [0.05, 0.1) is 38.8 Å². The van der Waals surface area contributed by atoms with Crippen molar-refractivity contribution in [3.8, 4) is 11.5 Å². The van der Waals surface area contributed by atoms with Crippen LogP contribution in [0.3, 0.4) is 0 Å². The number of carbonyl (C=O) groups excluding carboxylic acids is 1. The van der Waals surface area contributed by atoms with Crippen LogP contribution in [0.4, 0.5) is 5.95 Å². The van der Waals surface area contributed by atoms with E-state index in [1.807, 2.05) is 54.6 Å². The third-order valence-electron chi connectivity index (χ3n) is 8.78. The topological polar surface area (TPSA) is 201 Å². The van der Waals surface area contributed by atoms with Gasteiger partial charge in [-0.3, -0.25) is 23.9 Å². The number of nitrogens with one attached hydrogen (secondary N) is 1. The fourth-order valence-corrected chi connectivity index (χ4v) is 6.49. The van der Waals surface area contributed by atoms with Crippen molar-refractivity contribution >= 4 is 29.1 Å². The molecule has 0 amide bonds. The van der Waals surface area contributed by atoms with Gasteiger partial charge in [0.15, 0.2) is 11.2 Å². The maximum atomic E-state index is 13.0. The predicted octanol–water partition coefficient (Wildman–Crippen LogP) is 3.18. The van der Waals surface area contributed by atoms with E-state index in [4.69, 9.17) is 24.7 Å². The first-order chi connectivity index (χ1) is 23.6. The van der Waals surface area contributed by atoms with Crippen molar-refractivity contribution in [2.75, 3.05) is 20.0 Å². The second-order valence-electron chi connectivity index (χ2n) is 11.6. The lowest BCUT2D eigenvalue weighted by atomic mass is 9.64. The number of aliphatic hydroxyl groups is 1. The first-order valence-electron chi connectivity index (χ1n) is 15.5. The molecule has 0 radical (unpaired) electrons. The molecule has 14 nitrogen and oxygen atoms in total. The van der Waals surface area contributed by atoms with Gasteiger partial charge in [-0.25, -0.2) is 4.98 Å². The van der Waals surface area contributed by atoms with Gasteiger partial charge in [-0.15, -0.1) is 0 Å². The summed E-state index contributed by atoms with van der Waals surface area (Å²) in [4.78, 5) is 47.7. The number of methoxy groups -OCH3 is 2. The summed E-state index contributed by atoms with van der Waals surface area (Å²) in [6, 6.07) is 23.9. The van der Waals surface area contributed by atoms with Gasteiger partial charge in [-0.2, -0.15) is 4.98 Å². The molecular formula is C35H35N5O9. The van der Waals surface area contributed by atoms with Crippen LogP contribution in [-0.4, -0.2) is 74.2 Å². The number of aliphatic carboxylic acids is 1. The largest absolute Gasteiger partial charge is 0.497 e. The second-order valence-corrected chi connectivity index (χ2v) is 11.6. The fourth-order valence-electron chi connectivity index (χ4n) is 6.49. The van der Waals surface area contributed by atoms with E-state index < -0.39 is 53.9 Å². The third-order valence-corrected chi connectivity index (χ3v) is 8.78. The number of aliphatic hydroxyl groups excluding tert-OH is 1. The molecule has 5 aromatic rings. The van der Waals surface area contributed by atoms with Crippen LogP contribution in [0.1, 0.15) is 42.2 Å². The van der Waals surface area contributed by atoms with Gasteiger partial charge in [-0.1, -0.05) is 54.6 Å². The number of nitrogens with two attached hydrogens (primary N) is 1. The molecule has 3 aromatic carbocycles. The Morgan fingerprint density at radius 1 is 0.980 bits per heavy atom. The molecule has 1 aliphatic rings. The molecule has 4 atom stereocenters. The molecule has 1 unspecified atom stereocenters. The molecule has 0 spiro atoms. The minimum Gasteiger partial charge on any atom is -0.497 e. The van der Waals surface area contributed by atoms with E-state index in [0.717, 1.165) is 0 Å². The van der Waals surface area contributed by atoms with Crippen molar-refractivity contribution < 1.29 is 38.7 Å². The number of nitrogens with zero attached hydrogens (tertiary/aromatic N) is 3. The van der Waals surface area contributed by atoms with Gasteiger partial charge in [-0.05, 0) is 41.0 Å². The molecule has 0 aliphatic carbocycles. The Morgan fingerprint density at radius 2 is 1.57 bits per heavy atom. The minimum absolute atomic E-state index is 0.0104. The van der Waals surface area contributed by atoms with Crippen LogP contribution in [0.5, 0.6) is 11.5 Å². The summed E-state index contributed by atoms with van der Waals surface area (Å²) in [6.07, 6.45) is -4.07. The maximum Gasteiger partial charge on any atom is 0.306 e. The second kappa shape index (κ2) is 13.8. The summed E-state index contributed by atoms with van der Waals surface area (Å²) < 4.78 is 24.9. The van der Waals surface area contributed by atoms with Gasteiger partial charge < -0.3 is 34.9 Å². The van der Waals surface area contributed by atoms with Crippen molar-refractivity contribution in [1.29, 1.82) is 0 Å². The van der Waals surface area contributed by atoms with E-state index in [1.54, 1.807) is 38.5 Å². The first-order valence-corrected chi connectivity index (χ1v) is 15.5. The summed E-state index contributed by atoms with van der Waals surface area (Å²) in [5, 5.41) is 22.1. The van der Waals surface area contributed by atoms with E-state index in [9.17, 15) is 24.6 Å². The van der Waals surface area contributed by atoms with Crippen LogP contribution < -0.4 is 20.8 Å². The number of anilines is 1. The van der Waals surface area contributed by atoms with Crippen LogP contribution in [0.25, 0.3) is 11.2 Å². The highest BCUT2D eigenvalue weighted by atomic mass is 16.6. The number of carboxylic acids is 1. The number of benzene rings is 3. The highest BCUT2D eigenvalue weighted by Gasteiger charge is 2.53. The fraction of sp³-hybridized carbons (Fsp3) is 0.286. The van der Waals surface area contributed by atoms with E-state index in [2.05, 4.69) is 15.0 Å². The third kappa shape index (κ3) is 6.30. The number of hydrogen-bond acceptors (Lipinski definition) is 11. The highest BCUT2D eigenvalue weighted by Crippen LogP contribution is 2.48. The molecule has 1 fully saturated rings. The summed E-state index contributed by atoms with van der Waals surface area (Å²) in [6.45, 7) is 0. The van der Waals surface area contributed by atoms with E-state index in [1.165, 1.54) is 10.9 Å². The number of carbonyl (C=O) groups is 2. The van der Waals surface area contributed by atoms with Crippen molar-refractivity contribution in [2.45, 2.75) is 49.2 Å². The Balaban J connectivity index is 1.52. The lowest BCUT2D eigenvalue weighted by Crippen LogP contribution is -2.52. The zero-order valence-electron chi connectivity index (χ0n) is 26.7. The van der Waals surface area contributed by atoms with Crippen molar-refractivity contribution in [3.05, 3.63) is 112 Å². The number of fused-ring (bicyclic) bond motifs is 1. The Morgan fingerprint density at radius 3 is 2.14 bits per heavy atom. The summed E-state index contributed by atoms with van der Waals surface area (Å²) in [7, 11) is 3.12. The molecule has 2 aromatic heterocycles. The zero-order valence-corrected chi connectivity index (χ0v) is 26.7. The summed E-state index contributed by atoms with van der Waals surface area (Å²) in [5.41, 5.74) is 6.18. The molecule has 254 valence electrons. The number of aromatic amines is 1. The number of nitrogen functional groups attached to an aromatic ring is 1. The van der Waals surface area contributed by atoms with Gasteiger partial charge in [0, 0.05) is 6.42 Å². The van der Waals surface area contributed by atoms with E-state index in [-0.39, 0.29) is 30.0 Å². The Bertz CT molecular complexity index is 1950. The van der Waals surface area contributed by atoms with Crippen molar-refractivity contribution in [3.63, 3.8) is 0 Å². The summed E-state index contributed by atoms with van der Waals surface area (Å²) >= 11 is 0. The average Bonchev–Trinajstić information content (AvgIpc) is 3.73. The molecule has 49 heavy (non-hydrogen) atoms. The number of imidazole rings is 1. The lowest BCUT2D eigenvalue weighted by molar-refractivity contribution is -0.159. The minimum atomic E-state index is -1.44. The van der Waals surface area contributed by atoms with Crippen LogP contribution in [0, 0.1) is 0 Å². The molecule has 1 aliphatic heterocycles. The molecule has 0 bridgehead atoms. The monoisotopic (exact) mass is 669 g/mol. The number of esters is 1. The Hall–Kier alpha value is -5.73. The average molecular weight is 670 g/mol. The van der Waals surface area contributed by atoms with Crippen LogP contribution in [0.2, 0.25) is 0 Å². The van der Waals surface area contributed by atoms with Crippen LogP contribution in [-0.2, 0) is 24.5 Å². The standard InChI is InChI=1S/C35H35N5O9/c1-46-23-12-8-21(9-13-23)35(20-6-4-3-5-7-20,22-10-14-24(47-2)15-11-22)31(44)30-25(48-28(43)17-16-27(41)42)18-26(49-30)40-19-37-29-32(40)38-34(36)39-33(29)45/h3-15,19,25-26,30-31,44H,16-18H2,1-2H3,(H,41,42)(H3,36,38,39,45)/t25-,26+,30-,31?/m0/s1. The Labute approximate surface area is 280 Å². The molecule has 6 rings (SSSR count). The zero-order chi connectivity index (χ0) is 34.7. The predicted molar refractivity (Wildman–Crippen MR) is 176 cm³/mol. The van der Waals surface area contributed by atoms with Crippen molar-refractivity contribution in [1.82, 2.24) is 19.5 Å². The maximum absolute atomic E-state index is 13.0. The SMILES string of the molecule is COc1ccc(C(c2ccccc2)(c2ccc(OC)cc2)C(O)[C@H]2O[C@@H](n3cnc4c(=O)[nH]c(N)nc43)C[C@@H]2OC(=O)CCC(=O)O)cc1. The smallest absolute Gasteiger partial charge is 0.306 e. The lowest BCUT2D eigenvalue weighted by Gasteiger charge is -2.43. The number of ether oxygens (including phenoxy) is 4. The molecular weight excluding hydrogens is 634 g/mol. The molecule has 5 N–H and O–H groups in total. The molecule has 3 heterocycles. The number of aromatic nitrogens is 4.